The number of hydrogen-bond acceptors (Lipinski definition) is 5. The van der Waals surface area contributed by atoms with Crippen LogP contribution in [0.1, 0.15) is 12.5 Å². The third kappa shape index (κ3) is 5.47. The Morgan fingerprint density at radius 2 is 1.59 bits per heavy atom. The number of esters is 1. The van der Waals surface area contributed by atoms with Gasteiger partial charge in [-0.05, 0) is 48.5 Å². The maximum atomic E-state index is 13.0. The quantitative estimate of drug-likeness (QED) is 0.712. The number of methoxy groups -OCH3 is 1. The maximum Gasteiger partial charge on any atom is 0.416 e. The normalized spacial score (nSPS) is 11.6. The fourth-order valence-corrected chi connectivity index (χ4v) is 3.76. The Morgan fingerprint density at radius 1 is 1.03 bits per heavy atom. The molecular formula is C18H17F3N2O5S. The fraction of sp³-hybridized carbons (Fsp3) is 0.222. The van der Waals surface area contributed by atoms with Gasteiger partial charge in [-0.2, -0.15) is 13.2 Å². The monoisotopic (exact) mass is 430 g/mol. The standard InChI is InChI=1S/C18H17F3N2O5S/c1-12(24)22-14-5-9-16(10-6-14)29(26,27)23(11-17(25)28-2)15-7-3-13(4-8-15)18(19,20)21/h3-10H,11H2,1-2H3,(H,22,24). The Hall–Kier alpha value is -3.08. The number of halogens is 3. The molecule has 29 heavy (non-hydrogen) atoms. The van der Waals surface area contributed by atoms with E-state index < -0.39 is 34.3 Å². The number of anilines is 2. The number of rotatable bonds is 6. The summed E-state index contributed by atoms with van der Waals surface area (Å²) in [6.45, 7) is 0.547. The Balaban J connectivity index is 2.45. The molecule has 0 aliphatic heterocycles. The minimum atomic E-state index is -4.59. The van der Waals surface area contributed by atoms with Crippen LogP contribution in [-0.4, -0.2) is 33.9 Å². The van der Waals surface area contributed by atoms with Gasteiger partial charge in [0.25, 0.3) is 10.0 Å². The van der Waals surface area contributed by atoms with E-state index in [4.69, 9.17) is 0 Å². The Labute approximate surface area is 165 Å². The van der Waals surface area contributed by atoms with Crippen molar-refractivity contribution in [1.29, 1.82) is 0 Å². The summed E-state index contributed by atoms with van der Waals surface area (Å²) in [5.41, 5.74) is -0.754. The summed E-state index contributed by atoms with van der Waals surface area (Å²) in [5, 5.41) is 2.48. The number of nitrogens with zero attached hydrogens (tertiary/aromatic N) is 1. The molecular weight excluding hydrogens is 413 g/mol. The summed E-state index contributed by atoms with van der Waals surface area (Å²) in [5.74, 6) is -1.25. The van der Waals surface area contributed by atoms with Gasteiger partial charge in [-0.25, -0.2) is 8.42 Å². The van der Waals surface area contributed by atoms with E-state index >= 15 is 0 Å². The highest BCUT2D eigenvalue weighted by molar-refractivity contribution is 7.92. The van der Waals surface area contributed by atoms with Crippen molar-refractivity contribution in [3.8, 4) is 0 Å². The highest BCUT2D eigenvalue weighted by Crippen LogP contribution is 2.32. The number of nitrogens with one attached hydrogen (secondary N) is 1. The number of benzene rings is 2. The topological polar surface area (TPSA) is 92.8 Å². The second-order valence-corrected chi connectivity index (χ2v) is 7.70. The van der Waals surface area contributed by atoms with Gasteiger partial charge in [0, 0.05) is 12.6 Å². The van der Waals surface area contributed by atoms with Crippen LogP contribution in [0.3, 0.4) is 0 Å². The summed E-state index contributed by atoms with van der Waals surface area (Å²) >= 11 is 0. The van der Waals surface area contributed by atoms with Crippen LogP contribution < -0.4 is 9.62 Å². The van der Waals surface area contributed by atoms with E-state index in [2.05, 4.69) is 10.1 Å². The van der Waals surface area contributed by atoms with E-state index in [9.17, 15) is 31.2 Å². The summed E-state index contributed by atoms with van der Waals surface area (Å²) in [6, 6.07) is 8.44. The average molecular weight is 430 g/mol. The largest absolute Gasteiger partial charge is 0.468 e. The molecule has 0 bridgehead atoms. The van der Waals surface area contributed by atoms with Gasteiger partial charge in [-0.3, -0.25) is 13.9 Å². The molecule has 0 heterocycles. The van der Waals surface area contributed by atoms with Gasteiger partial charge in [0.15, 0.2) is 0 Å². The minimum absolute atomic E-state index is 0.144. The number of carbonyl (C=O) groups is 2. The number of ether oxygens (including phenoxy) is 1. The minimum Gasteiger partial charge on any atom is -0.468 e. The van der Waals surface area contributed by atoms with Crippen molar-refractivity contribution in [1.82, 2.24) is 0 Å². The van der Waals surface area contributed by atoms with Gasteiger partial charge in [-0.15, -0.1) is 0 Å². The van der Waals surface area contributed by atoms with Gasteiger partial charge < -0.3 is 10.1 Å². The lowest BCUT2D eigenvalue weighted by atomic mass is 10.2. The first-order valence-electron chi connectivity index (χ1n) is 8.09. The molecule has 11 heteroatoms. The first kappa shape index (κ1) is 22.2. The molecule has 2 aromatic rings. The maximum absolute atomic E-state index is 13.0. The molecule has 0 saturated carbocycles. The molecule has 7 nitrogen and oxygen atoms in total. The highest BCUT2D eigenvalue weighted by Gasteiger charge is 2.32. The van der Waals surface area contributed by atoms with Gasteiger partial charge in [0.05, 0.1) is 23.3 Å². The van der Waals surface area contributed by atoms with Crippen LogP contribution in [0.2, 0.25) is 0 Å². The molecule has 2 rings (SSSR count). The smallest absolute Gasteiger partial charge is 0.416 e. The van der Waals surface area contributed by atoms with Crippen LogP contribution in [-0.2, 0) is 30.5 Å². The van der Waals surface area contributed by atoms with E-state index in [-0.39, 0.29) is 16.5 Å². The molecule has 0 aromatic heterocycles. The van der Waals surface area contributed by atoms with E-state index in [1.54, 1.807) is 0 Å². The molecule has 0 aliphatic carbocycles. The van der Waals surface area contributed by atoms with Crippen LogP contribution in [0.25, 0.3) is 0 Å². The third-order valence-corrected chi connectivity index (χ3v) is 5.53. The van der Waals surface area contributed by atoms with Crippen LogP contribution in [0.15, 0.2) is 53.4 Å². The molecule has 0 radical (unpaired) electrons. The predicted octanol–water partition coefficient (Wildman–Crippen LogP) is 3.03. The van der Waals surface area contributed by atoms with E-state index in [1.807, 2.05) is 0 Å². The number of hydrogen-bond donors (Lipinski definition) is 1. The molecule has 2 aromatic carbocycles. The second-order valence-electron chi connectivity index (χ2n) is 5.84. The molecule has 0 atom stereocenters. The van der Waals surface area contributed by atoms with Gasteiger partial charge in [0.1, 0.15) is 6.54 Å². The molecule has 156 valence electrons. The highest BCUT2D eigenvalue weighted by atomic mass is 32.2. The molecule has 0 unspecified atom stereocenters. The number of alkyl halides is 3. The molecule has 1 amide bonds. The van der Waals surface area contributed by atoms with Gasteiger partial charge in [0.2, 0.25) is 5.91 Å². The Morgan fingerprint density at radius 3 is 2.03 bits per heavy atom. The zero-order valence-corrected chi connectivity index (χ0v) is 16.2. The number of sulfonamides is 1. The first-order chi connectivity index (χ1) is 13.4. The van der Waals surface area contributed by atoms with E-state index in [1.165, 1.54) is 31.2 Å². The zero-order valence-electron chi connectivity index (χ0n) is 15.4. The molecule has 0 saturated heterocycles. The predicted molar refractivity (Wildman–Crippen MR) is 98.7 cm³/mol. The van der Waals surface area contributed by atoms with Crippen molar-refractivity contribution in [2.24, 2.45) is 0 Å². The number of amides is 1. The molecule has 0 spiro atoms. The number of carbonyl (C=O) groups excluding carboxylic acids is 2. The zero-order chi connectivity index (χ0) is 21.8. The molecule has 1 N–H and O–H groups in total. The van der Waals surface area contributed by atoms with Crippen molar-refractivity contribution in [3.63, 3.8) is 0 Å². The van der Waals surface area contributed by atoms with Crippen molar-refractivity contribution in [3.05, 3.63) is 54.1 Å². The van der Waals surface area contributed by atoms with Gasteiger partial charge in [-0.1, -0.05) is 0 Å². The first-order valence-corrected chi connectivity index (χ1v) is 9.53. The SMILES string of the molecule is COC(=O)CN(c1ccc(C(F)(F)F)cc1)S(=O)(=O)c1ccc(NC(C)=O)cc1. The summed E-state index contributed by atoms with van der Waals surface area (Å²) in [7, 11) is -3.26. The van der Waals surface area contributed by atoms with Crippen LogP contribution in [0, 0.1) is 0 Å². The Kier molecular flexibility index (Phi) is 6.52. The van der Waals surface area contributed by atoms with Gasteiger partial charge >= 0.3 is 12.1 Å². The average Bonchev–Trinajstić information content (AvgIpc) is 2.65. The molecule has 0 aliphatic rings. The van der Waals surface area contributed by atoms with Crippen LogP contribution in [0.4, 0.5) is 24.5 Å². The van der Waals surface area contributed by atoms with Crippen molar-refractivity contribution >= 4 is 33.3 Å². The van der Waals surface area contributed by atoms with E-state index in [0.717, 1.165) is 31.4 Å². The fourth-order valence-electron chi connectivity index (χ4n) is 2.35. The lowest BCUT2D eigenvalue weighted by molar-refractivity contribution is -0.139. The lowest BCUT2D eigenvalue weighted by Crippen LogP contribution is -2.36. The molecule has 0 fully saturated rings. The lowest BCUT2D eigenvalue weighted by Gasteiger charge is -2.24. The van der Waals surface area contributed by atoms with Crippen LogP contribution >= 0.6 is 0 Å². The summed E-state index contributed by atoms with van der Waals surface area (Å²) in [4.78, 5) is 22.6. The van der Waals surface area contributed by atoms with Crippen LogP contribution in [0.5, 0.6) is 0 Å². The third-order valence-electron chi connectivity index (χ3n) is 3.75. The van der Waals surface area contributed by atoms with Crippen molar-refractivity contribution < 1.29 is 35.9 Å². The summed E-state index contributed by atoms with van der Waals surface area (Å²) in [6.07, 6.45) is -4.59. The second kappa shape index (κ2) is 8.52. The summed E-state index contributed by atoms with van der Waals surface area (Å²) < 4.78 is 69.5. The van der Waals surface area contributed by atoms with Crippen molar-refractivity contribution in [2.45, 2.75) is 18.0 Å². The van der Waals surface area contributed by atoms with Crippen molar-refractivity contribution in [2.75, 3.05) is 23.3 Å². The Bertz CT molecular complexity index is 988. The van der Waals surface area contributed by atoms with E-state index in [0.29, 0.717) is 9.99 Å².